The van der Waals surface area contributed by atoms with Gasteiger partial charge in [0.25, 0.3) is 0 Å². The van der Waals surface area contributed by atoms with Crippen molar-refractivity contribution in [3.63, 3.8) is 0 Å². The molecular weight excluding hydrogens is 182 g/mol. The summed E-state index contributed by atoms with van der Waals surface area (Å²) in [5, 5.41) is 18.6. The van der Waals surface area contributed by atoms with Crippen LogP contribution in [0.1, 0.15) is 0 Å². The van der Waals surface area contributed by atoms with Gasteiger partial charge in [-0.05, 0) is 6.07 Å². The average Bonchev–Trinajstić information content (AvgIpc) is 2.61. The van der Waals surface area contributed by atoms with Crippen molar-refractivity contribution in [3.8, 4) is 0 Å². The fraction of sp³-hybridized carbons (Fsp3) is 0.556. The standard InChI is InChI=1S/C9H13N3O2/c13-5-7-3-12(4-8(7)14)9-1-2-10-6-11-9/h1-2,6-8,13-14H,3-5H2. The molecule has 2 rings (SSSR count). The van der Waals surface area contributed by atoms with Gasteiger partial charge in [0.2, 0.25) is 0 Å². The number of hydrogen-bond donors (Lipinski definition) is 2. The van der Waals surface area contributed by atoms with E-state index in [0.29, 0.717) is 13.1 Å². The zero-order chi connectivity index (χ0) is 9.97. The lowest BCUT2D eigenvalue weighted by Gasteiger charge is -2.15. The minimum atomic E-state index is -0.463. The first-order valence-electron chi connectivity index (χ1n) is 4.61. The number of hydrogen-bond acceptors (Lipinski definition) is 5. The second-order valence-corrected chi connectivity index (χ2v) is 3.48. The third-order valence-corrected chi connectivity index (χ3v) is 2.53. The molecule has 0 spiro atoms. The second-order valence-electron chi connectivity index (χ2n) is 3.48. The molecular formula is C9H13N3O2. The Labute approximate surface area is 82.0 Å². The smallest absolute Gasteiger partial charge is 0.131 e. The van der Waals surface area contributed by atoms with Crippen LogP contribution >= 0.6 is 0 Å². The molecule has 1 aromatic heterocycles. The third-order valence-electron chi connectivity index (χ3n) is 2.53. The number of aliphatic hydroxyl groups excluding tert-OH is 2. The van der Waals surface area contributed by atoms with E-state index in [-0.39, 0.29) is 12.5 Å². The van der Waals surface area contributed by atoms with Crippen LogP contribution in [-0.2, 0) is 0 Å². The molecule has 2 heterocycles. The van der Waals surface area contributed by atoms with Crippen LogP contribution in [-0.4, -0.2) is 46.0 Å². The molecule has 5 nitrogen and oxygen atoms in total. The minimum absolute atomic E-state index is 0.0166. The van der Waals surface area contributed by atoms with E-state index in [1.165, 1.54) is 6.33 Å². The molecule has 0 aliphatic carbocycles. The van der Waals surface area contributed by atoms with Gasteiger partial charge in [0.05, 0.1) is 12.7 Å². The lowest BCUT2D eigenvalue weighted by Crippen LogP contribution is -2.21. The van der Waals surface area contributed by atoms with Gasteiger partial charge in [-0.2, -0.15) is 0 Å². The van der Waals surface area contributed by atoms with E-state index in [1.54, 1.807) is 12.3 Å². The number of aliphatic hydroxyl groups is 2. The molecule has 2 atom stereocenters. The number of aromatic nitrogens is 2. The van der Waals surface area contributed by atoms with E-state index in [1.807, 2.05) is 4.90 Å². The van der Waals surface area contributed by atoms with Gasteiger partial charge in [0.1, 0.15) is 12.1 Å². The van der Waals surface area contributed by atoms with Crippen molar-refractivity contribution in [2.24, 2.45) is 5.92 Å². The number of nitrogens with zero attached hydrogens (tertiary/aromatic N) is 3. The predicted octanol–water partition coefficient (Wildman–Crippen LogP) is -0.734. The molecule has 5 heteroatoms. The molecule has 0 bridgehead atoms. The summed E-state index contributed by atoms with van der Waals surface area (Å²) >= 11 is 0. The Hall–Kier alpha value is -1.20. The number of β-amino-alcohol motifs (C(OH)–C–C–N with tert-alkyl or cyclic N) is 1. The highest BCUT2D eigenvalue weighted by Gasteiger charge is 2.31. The Bertz CT molecular complexity index is 293. The van der Waals surface area contributed by atoms with Crippen LogP contribution < -0.4 is 4.90 Å². The van der Waals surface area contributed by atoms with E-state index < -0.39 is 6.10 Å². The first-order chi connectivity index (χ1) is 6.81. The van der Waals surface area contributed by atoms with Gasteiger partial charge in [0, 0.05) is 25.2 Å². The summed E-state index contributed by atoms with van der Waals surface area (Å²) in [6.07, 6.45) is 2.68. The minimum Gasteiger partial charge on any atom is -0.396 e. The highest BCUT2D eigenvalue weighted by atomic mass is 16.3. The molecule has 0 radical (unpaired) electrons. The summed E-state index contributed by atoms with van der Waals surface area (Å²) in [6.45, 7) is 1.19. The zero-order valence-electron chi connectivity index (χ0n) is 7.74. The molecule has 1 fully saturated rings. The van der Waals surface area contributed by atoms with Crippen LogP contribution in [0.3, 0.4) is 0 Å². The summed E-state index contributed by atoms with van der Waals surface area (Å²) in [6, 6.07) is 1.80. The topological polar surface area (TPSA) is 69.5 Å². The van der Waals surface area contributed by atoms with Crippen LogP contribution in [0.5, 0.6) is 0 Å². The van der Waals surface area contributed by atoms with Crippen molar-refractivity contribution >= 4 is 5.82 Å². The molecule has 0 amide bonds. The lowest BCUT2D eigenvalue weighted by molar-refractivity contribution is 0.104. The van der Waals surface area contributed by atoms with Gasteiger partial charge in [0.15, 0.2) is 0 Å². The maximum Gasteiger partial charge on any atom is 0.131 e. The lowest BCUT2D eigenvalue weighted by atomic mass is 10.1. The SMILES string of the molecule is OCC1CN(c2ccncn2)CC1O. The van der Waals surface area contributed by atoms with Crippen LogP contribution in [0.4, 0.5) is 5.82 Å². The molecule has 1 saturated heterocycles. The van der Waals surface area contributed by atoms with Crippen molar-refractivity contribution in [3.05, 3.63) is 18.6 Å². The molecule has 1 aromatic rings. The van der Waals surface area contributed by atoms with E-state index in [0.717, 1.165) is 5.82 Å². The average molecular weight is 195 g/mol. The van der Waals surface area contributed by atoms with Gasteiger partial charge in [-0.15, -0.1) is 0 Å². The molecule has 1 aliphatic heterocycles. The third kappa shape index (κ3) is 1.69. The molecule has 2 N–H and O–H groups in total. The highest BCUT2D eigenvalue weighted by Crippen LogP contribution is 2.21. The first-order valence-corrected chi connectivity index (χ1v) is 4.61. The fourth-order valence-corrected chi connectivity index (χ4v) is 1.69. The predicted molar refractivity (Wildman–Crippen MR) is 50.8 cm³/mol. The van der Waals surface area contributed by atoms with E-state index >= 15 is 0 Å². The Morgan fingerprint density at radius 3 is 2.93 bits per heavy atom. The first kappa shape index (κ1) is 9.36. The quantitative estimate of drug-likeness (QED) is 0.651. The molecule has 76 valence electrons. The van der Waals surface area contributed by atoms with Crippen molar-refractivity contribution < 1.29 is 10.2 Å². The summed E-state index contributed by atoms with van der Waals surface area (Å²) < 4.78 is 0. The number of anilines is 1. The van der Waals surface area contributed by atoms with Crippen molar-refractivity contribution in [2.75, 3.05) is 24.6 Å². The van der Waals surface area contributed by atoms with Gasteiger partial charge in [-0.1, -0.05) is 0 Å². The molecule has 14 heavy (non-hydrogen) atoms. The molecule has 0 saturated carbocycles. The van der Waals surface area contributed by atoms with Crippen molar-refractivity contribution in [2.45, 2.75) is 6.10 Å². The maximum atomic E-state index is 9.58. The maximum absolute atomic E-state index is 9.58. The van der Waals surface area contributed by atoms with Gasteiger partial charge >= 0.3 is 0 Å². The summed E-state index contributed by atoms with van der Waals surface area (Å²) in [5.41, 5.74) is 0. The molecule has 0 aromatic carbocycles. The van der Waals surface area contributed by atoms with Crippen LogP contribution in [0.25, 0.3) is 0 Å². The Morgan fingerprint density at radius 2 is 2.36 bits per heavy atom. The van der Waals surface area contributed by atoms with Crippen molar-refractivity contribution in [1.82, 2.24) is 9.97 Å². The summed E-state index contributed by atoms with van der Waals surface area (Å²) in [7, 11) is 0. The van der Waals surface area contributed by atoms with Crippen LogP contribution in [0.15, 0.2) is 18.6 Å². The van der Waals surface area contributed by atoms with E-state index in [9.17, 15) is 5.11 Å². The summed E-state index contributed by atoms with van der Waals surface area (Å²) in [5.74, 6) is 0.736. The monoisotopic (exact) mass is 195 g/mol. The number of rotatable bonds is 2. The normalized spacial score (nSPS) is 26.9. The Morgan fingerprint density at radius 1 is 1.50 bits per heavy atom. The largest absolute Gasteiger partial charge is 0.396 e. The van der Waals surface area contributed by atoms with Crippen LogP contribution in [0, 0.1) is 5.92 Å². The van der Waals surface area contributed by atoms with Crippen molar-refractivity contribution in [1.29, 1.82) is 0 Å². The second kappa shape index (κ2) is 3.89. The van der Waals surface area contributed by atoms with E-state index in [2.05, 4.69) is 9.97 Å². The fourth-order valence-electron chi connectivity index (χ4n) is 1.69. The van der Waals surface area contributed by atoms with Gasteiger partial charge in [-0.3, -0.25) is 0 Å². The Balaban J connectivity index is 2.09. The van der Waals surface area contributed by atoms with Gasteiger partial charge in [-0.25, -0.2) is 9.97 Å². The molecule has 1 aliphatic rings. The van der Waals surface area contributed by atoms with E-state index in [4.69, 9.17) is 5.11 Å². The Kier molecular flexibility index (Phi) is 2.60. The zero-order valence-corrected chi connectivity index (χ0v) is 7.74. The van der Waals surface area contributed by atoms with Gasteiger partial charge < -0.3 is 15.1 Å². The summed E-state index contributed by atoms with van der Waals surface area (Å²) in [4.78, 5) is 9.86. The highest BCUT2D eigenvalue weighted by molar-refractivity contribution is 5.38. The van der Waals surface area contributed by atoms with Crippen LogP contribution in [0.2, 0.25) is 0 Å². The molecule has 2 unspecified atom stereocenters.